The lowest BCUT2D eigenvalue weighted by Gasteiger charge is -2.31. The number of carbonyl (C=O) groups is 3. The molecule has 0 aromatic rings. The van der Waals surface area contributed by atoms with Crippen LogP contribution in [0.3, 0.4) is 0 Å². The van der Waals surface area contributed by atoms with Crippen molar-refractivity contribution in [1.29, 1.82) is 0 Å². The average Bonchev–Trinajstić information content (AvgIpc) is 2.38. The summed E-state index contributed by atoms with van der Waals surface area (Å²) < 4.78 is 4.71. The van der Waals surface area contributed by atoms with Crippen LogP contribution in [0.15, 0.2) is 0 Å². The number of nitrogens with zero attached hydrogens (tertiary/aromatic N) is 1. The van der Waals surface area contributed by atoms with Gasteiger partial charge in [0.15, 0.2) is 0 Å². The Hall–Kier alpha value is -1.43. The molecule has 0 radical (unpaired) electrons. The van der Waals surface area contributed by atoms with Crippen molar-refractivity contribution < 1.29 is 24.0 Å². The number of carbonyl (C=O) groups excluding carboxylic acids is 3. The number of Topliss-reactive ketones (excluding diaryl/α,β-unsaturated/α-hetero) is 1. The highest BCUT2D eigenvalue weighted by Gasteiger charge is 2.33. The molecule has 1 aliphatic rings. The first-order chi connectivity index (χ1) is 9.25. The number of ether oxygens (including phenoxy) is 1. The second kappa shape index (κ2) is 6.83. The number of ketones is 1. The quantitative estimate of drug-likeness (QED) is 0.573. The molecule has 1 heterocycles. The Bertz CT molecular complexity index is 378. The maximum absolute atomic E-state index is 11.8. The van der Waals surface area contributed by atoms with E-state index in [1.54, 1.807) is 32.8 Å². The molecule has 0 aromatic heterocycles. The van der Waals surface area contributed by atoms with Crippen LogP contribution in [0.4, 0.5) is 0 Å². The Morgan fingerprint density at radius 2 is 1.70 bits per heavy atom. The van der Waals surface area contributed by atoms with Crippen molar-refractivity contribution in [2.24, 2.45) is 11.3 Å². The van der Waals surface area contributed by atoms with Crippen LogP contribution < -0.4 is 0 Å². The van der Waals surface area contributed by atoms with Gasteiger partial charge in [-0.25, -0.2) is 9.59 Å². The van der Waals surface area contributed by atoms with Crippen molar-refractivity contribution in [3.8, 4) is 0 Å². The molecular weight excluding hydrogens is 262 g/mol. The van der Waals surface area contributed by atoms with Gasteiger partial charge >= 0.3 is 11.9 Å². The van der Waals surface area contributed by atoms with Crippen molar-refractivity contribution in [3.63, 3.8) is 0 Å². The smallest absolute Gasteiger partial charge is 0.374 e. The molecule has 0 amide bonds. The third kappa shape index (κ3) is 4.59. The molecule has 0 spiro atoms. The first-order valence-electron chi connectivity index (χ1n) is 6.94. The van der Waals surface area contributed by atoms with Crippen LogP contribution in [0, 0.1) is 11.3 Å². The van der Waals surface area contributed by atoms with Crippen molar-refractivity contribution >= 4 is 17.7 Å². The standard InChI is InChI=1S/C14H23NO5/c1-5-19-12(17)11(16)10-6-8-15(9-7-10)20-13(18)14(2,3)4/h10H,5-9H2,1-4H3. The van der Waals surface area contributed by atoms with Gasteiger partial charge in [0.05, 0.1) is 12.0 Å². The van der Waals surface area contributed by atoms with E-state index in [0.717, 1.165) is 0 Å². The van der Waals surface area contributed by atoms with E-state index in [0.29, 0.717) is 25.9 Å². The maximum Gasteiger partial charge on any atom is 0.374 e. The Morgan fingerprint density at radius 1 is 1.15 bits per heavy atom. The monoisotopic (exact) mass is 285 g/mol. The topological polar surface area (TPSA) is 72.9 Å². The minimum Gasteiger partial charge on any atom is -0.460 e. The minimum atomic E-state index is -0.766. The molecule has 1 fully saturated rings. The number of piperidine rings is 1. The largest absolute Gasteiger partial charge is 0.460 e. The Kier molecular flexibility index (Phi) is 5.68. The fourth-order valence-corrected chi connectivity index (χ4v) is 1.83. The normalized spacial score (nSPS) is 17.6. The zero-order chi connectivity index (χ0) is 15.3. The highest BCUT2D eigenvalue weighted by molar-refractivity contribution is 6.34. The van der Waals surface area contributed by atoms with E-state index in [9.17, 15) is 14.4 Å². The van der Waals surface area contributed by atoms with Gasteiger partial charge in [0.1, 0.15) is 0 Å². The summed E-state index contributed by atoms with van der Waals surface area (Å²) in [5, 5.41) is 1.56. The van der Waals surface area contributed by atoms with Crippen LogP contribution in [-0.2, 0) is 24.0 Å². The molecule has 0 aromatic carbocycles. The van der Waals surface area contributed by atoms with E-state index >= 15 is 0 Å². The summed E-state index contributed by atoms with van der Waals surface area (Å²) in [6, 6.07) is 0. The lowest BCUT2D eigenvalue weighted by molar-refractivity contribution is -0.206. The first kappa shape index (κ1) is 16.6. The minimum absolute atomic E-state index is 0.201. The molecule has 1 saturated heterocycles. The molecule has 114 valence electrons. The Labute approximate surface area is 119 Å². The number of hydroxylamine groups is 2. The zero-order valence-electron chi connectivity index (χ0n) is 12.6. The van der Waals surface area contributed by atoms with Crippen LogP contribution in [0.5, 0.6) is 0 Å². The van der Waals surface area contributed by atoms with Gasteiger partial charge in [0, 0.05) is 19.0 Å². The molecule has 1 rings (SSSR count). The van der Waals surface area contributed by atoms with Gasteiger partial charge < -0.3 is 9.57 Å². The van der Waals surface area contributed by atoms with Gasteiger partial charge in [0.25, 0.3) is 0 Å². The zero-order valence-corrected chi connectivity index (χ0v) is 12.6. The van der Waals surface area contributed by atoms with Crippen LogP contribution in [0.1, 0.15) is 40.5 Å². The van der Waals surface area contributed by atoms with E-state index in [-0.39, 0.29) is 18.5 Å². The molecule has 0 aliphatic carbocycles. The number of rotatable bonds is 4. The SMILES string of the molecule is CCOC(=O)C(=O)C1CCN(OC(=O)C(C)(C)C)CC1. The van der Waals surface area contributed by atoms with Gasteiger partial charge in [-0.05, 0) is 40.5 Å². The number of hydrogen-bond donors (Lipinski definition) is 0. The molecule has 0 saturated carbocycles. The second-order valence-corrected chi connectivity index (χ2v) is 5.92. The molecule has 0 unspecified atom stereocenters. The van der Waals surface area contributed by atoms with Crippen LogP contribution in [0.2, 0.25) is 0 Å². The van der Waals surface area contributed by atoms with Crippen molar-refractivity contribution in [3.05, 3.63) is 0 Å². The lowest BCUT2D eigenvalue weighted by atomic mass is 9.93. The average molecular weight is 285 g/mol. The molecular formula is C14H23NO5. The van der Waals surface area contributed by atoms with E-state index in [1.165, 1.54) is 0 Å². The van der Waals surface area contributed by atoms with E-state index in [1.807, 2.05) is 0 Å². The molecule has 1 aliphatic heterocycles. The van der Waals surface area contributed by atoms with E-state index < -0.39 is 17.2 Å². The fraction of sp³-hybridized carbons (Fsp3) is 0.786. The van der Waals surface area contributed by atoms with Gasteiger partial charge in [-0.2, -0.15) is 0 Å². The summed E-state index contributed by atoms with van der Waals surface area (Å²) in [6.07, 6.45) is 0.990. The predicted molar refractivity (Wildman–Crippen MR) is 71.5 cm³/mol. The Balaban J connectivity index is 2.42. The third-order valence-corrected chi connectivity index (χ3v) is 3.13. The second-order valence-electron chi connectivity index (χ2n) is 5.92. The summed E-state index contributed by atoms with van der Waals surface area (Å²) in [7, 11) is 0. The summed E-state index contributed by atoms with van der Waals surface area (Å²) >= 11 is 0. The molecule has 0 bridgehead atoms. The summed E-state index contributed by atoms with van der Waals surface area (Å²) in [5.74, 6) is -1.88. The summed E-state index contributed by atoms with van der Waals surface area (Å²) in [5.41, 5.74) is -0.558. The van der Waals surface area contributed by atoms with Crippen LogP contribution in [0.25, 0.3) is 0 Å². The molecule has 0 atom stereocenters. The highest BCUT2D eigenvalue weighted by atomic mass is 16.7. The maximum atomic E-state index is 11.8. The van der Waals surface area contributed by atoms with Gasteiger partial charge in [0.2, 0.25) is 5.78 Å². The lowest BCUT2D eigenvalue weighted by Crippen LogP contribution is -2.41. The predicted octanol–water partition coefficient (Wildman–Crippen LogP) is 1.33. The van der Waals surface area contributed by atoms with Crippen molar-refractivity contribution in [2.75, 3.05) is 19.7 Å². The van der Waals surface area contributed by atoms with Crippen LogP contribution >= 0.6 is 0 Å². The number of hydrogen-bond acceptors (Lipinski definition) is 6. The van der Waals surface area contributed by atoms with E-state index in [4.69, 9.17) is 9.57 Å². The molecule has 6 heteroatoms. The highest BCUT2D eigenvalue weighted by Crippen LogP contribution is 2.22. The third-order valence-electron chi connectivity index (χ3n) is 3.13. The first-order valence-corrected chi connectivity index (χ1v) is 6.94. The van der Waals surface area contributed by atoms with Crippen molar-refractivity contribution in [1.82, 2.24) is 5.06 Å². The fourth-order valence-electron chi connectivity index (χ4n) is 1.83. The molecule has 6 nitrogen and oxygen atoms in total. The molecule has 20 heavy (non-hydrogen) atoms. The van der Waals surface area contributed by atoms with Gasteiger partial charge in [-0.1, -0.05) is 0 Å². The van der Waals surface area contributed by atoms with Gasteiger partial charge in [-0.3, -0.25) is 4.79 Å². The summed E-state index contributed by atoms with van der Waals surface area (Å²) in [4.78, 5) is 40.1. The van der Waals surface area contributed by atoms with Crippen molar-refractivity contribution in [2.45, 2.75) is 40.5 Å². The van der Waals surface area contributed by atoms with Crippen LogP contribution in [-0.4, -0.2) is 42.5 Å². The van der Waals surface area contributed by atoms with Gasteiger partial charge in [-0.15, -0.1) is 5.06 Å². The number of esters is 1. The van der Waals surface area contributed by atoms with E-state index in [2.05, 4.69) is 0 Å². The molecule has 0 N–H and O–H groups in total. The summed E-state index contributed by atoms with van der Waals surface area (Å²) in [6.45, 7) is 8.13. The Morgan fingerprint density at radius 3 is 2.15 bits per heavy atom.